The maximum absolute atomic E-state index is 11.4. The van der Waals surface area contributed by atoms with Crippen molar-refractivity contribution in [3.63, 3.8) is 0 Å². The van der Waals surface area contributed by atoms with Gasteiger partial charge >= 0.3 is 0 Å². The van der Waals surface area contributed by atoms with Gasteiger partial charge in [0.1, 0.15) is 17.2 Å². The predicted molar refractivity (Wildman–Crippen MR) is 92.6 cm³/mol. The molecule has 2 aliphatic rings. The fraction of sp³-hybridized carbons (Fsp3) is 0.353. The number of hydrogen-bond donors (Lipinski definition) is 1. The Morgan fingerprint density at radius 2 is 2.12 bits per heavy atom. The highest BCUT2D eigenvalue weighted by molar-refractivity contribution is 5.90. The van der Waals surface area contributed by atoms with Crippen molar-refractivity contribution in [2.24, 2.45) is 11.1 Å². The topological polar surface area (TPSA) is 112 Å². The average molecular weight is 351 g/mol. The summed E-state index contributed by atoms with van der Waals surface area (Å²) in [6, 6.07) is 1.91. The van der Waals surface area contributed by atoms with Crippen LogP contribution in [0, 0.1) is 5.41 Å². The normalized spacial score (nSPS) is 18.4. The number of primary amides is 1. The molecule has 0 bridgehead atoms. The lowest BCUT2D eigenvalue weighted by Crippen LogP contribution is -2.57. The maximum atomic E-state index is 11.4. The number of nitrogens with two attached hydrogens (primary N) is 1. The number of rotatable bonds is 3. The molecule has 132 valence electrons. The molecular formula is C17H17N7O2. The molecule has 3 aromatic heterocycles. The zero-order chi connectivity index (χ0) is 17.7. The molecule has 5 rings (SSSR count). The number of carbonyl (C=O) groups excluding carboxylic acids is 1. The Labute approximate surface area is 148 Å². The van der Waals surface area contributed by atoms with Crippen LogP contribution in [0.3, 0.4) is 0 Å². The molecule has 26 heavy (non-hydrogen) atoms. The van der Waals surface area contributed by atoms with E-state index in [1.807, 2.05) is 6.07 Å². The van der Waals surface area contributed by atoms with Crippen LogP contribution >= 0.6 is 0 Å². The summed E-state index contributed by atoms with van der Waals surface area (Å²) in [6.45, 7) is 3.58. The van der Waals surface area contributed by atoms with E-state index in [1.165, 1.54) is 6.20 Å². The number of aromatic nitrogens is 5. The van der Waals surface area contributed by atoms with Gasteiger partial charge in [0.25, 0.3) is 5.91 Å². The Kier molecular flexibility index (Phi) is 3.20. The van der Waals surface area contributed by atoms with E-state index in [-0.39, 0.29) is 11.1 Å². The van der Waals surface area contributed by atoms with Gasteiger partial charge < -0.3 is 15.4 Å². The number of fused-ring (bicyclic) bond motifs is 1. The van der Waals surface area contributed by atoms with Gasteiger partial charge in [-0.15, -0.1) is 0 Å². The van der Waals surface area contributed by atoms with E-state index in [9.17, 15) is 4.79 Å². The van der Waals surface area contributed by atoms with Crippen molar-refractivity contribution in [1.82, 2.24) is 24.3 Å². The van der Waals surface area contributed by atoms with Crippen LogP contribution in [0.4, 0.5) is 5.82 Å². The lowest BCUT2D eigenvalue weighted by Gasteiger charge is -2.47. The molecule has 0 aromatic carbocycles. The smallest absolute Gasteiger partial charge is 0.268 e. The highest BCUT2D eigenvalue weighted by atomic mass is 16.5. The monoisotopic (exact) mass is 351 g/mol. The van der Waals surface area contributed by atoms with E-state index in [2.05, 4.69) is 19.9 Å². The van der Waals surface area contributed by atoms with E-state index in [4.69, 9.17) is 15.5 Å². The van der Waals surface area contributed by atoms with Crippen LogP contribution < -0.4 is 10.6 Å². The van der Waals surface area contributed by atoms with Crippen LogP contribution in [-0.4, -0.2) is 56.5 Å². The molecule has 9 heteroatoms. The maximum Gasteiger partial charge on any atom is 0.268 e. The Hall–Kier alpha value is -3.07. The third-order valence-corrected chi connectivity index (χ3v) is 5.08. The molecule has 0 aliphatic carbocycles. The van der Waals surface area contributed by atoms with Crippen LogP contribution in [0.15, 0.2) is 30.9 Å². The number of amides is 1. The van der Waals surface area contributed by atoms with Crippen molar-refractivity contribution in [1.29, 1.82) is 0 Å². The number of hydrogen-bond acceptors (Lipinski definition) is 7. The molecule has 9 nitrogen and oxygen atoms in total. The first-order valence-corrected chi connectivity index (χ1v) is 8.43. The second-order valence-corrected chi connectivity index (χ2v) is 6.91. The standard InChI is InChI=1S/C17H17N7O2/c18-15(25)11-7-24-12(5-21-14(24)6-20-11)16-19-3-1-13(22-16)23-8-17(9-23)2-4-26-10-17/h1,3,5-7H,2,4,8-10H2,(H2,18,25). The van der Waals surface area contributed by atoms with Crippen molar-refractivity contribution in [2.75, 3.05) is 31.2 Å². The first kappa shape index (κ1) is 15.2. The number of nitrogens with zero attached hydrogens (tertiary/aromatic N) is 6. The summed E-state index contributed by atoms with van der Waals surface area (Å²) in [6.07, 6.45) is 7.58. The second-order valence-electron chi connectivity index (χ2n) is 6.91. The number of ether oxygens (including phenoxy) is 1. The first-order valence-electron chi connectivity index (χ1n) is 8.43. The largest absolute Gasteiger partial charge is 0.381 e. The van der Waals surface area contributed by atoms with Gasteiger partial charge in [-0.05, 0) is 12.5 Å². The van der Waals surface area contributed by atoms with E-state index in [0.29, 0.717) is 17.2 Å². The van der Waals surface area contributed by atoms with Gasteiger partial charge in [-0.2, -0.15) is 0 Å². The minimum Gasteiger partial charge on any atom is -0.381 e. The Bertz CT molecular complexity index is 1000. The van der Waals surface area contributed by atoms with Gasteiger partial charge in [0.15, 0.2) is 11.5 Å². The van der Waals surface area contributed by atoms with Gasteiger partial charge in [0.2, 0.25) is 0 Å². The van der Waals surface area contributed by atoms with Crippen molar-refractivity contribution >= 4 is 17.4 Å². The summed E-state index contributed by atoms with van der Waals surface area (Å²) in [7, 11) is 0. The highest BCUT2D eigenvalue weighted by Crippen LogP contribution is 2.40. The molecule has 2 aliphatic heterocycles. The minimum atomic E-state index is -0.592. The van der Waals surface area contributed by atoms with Gasteiger partial charge in [-0.1, -0.05) is 0 Å². The van der Waals surface area contributed by atoms with Gasteiger partial charge in [-0.3, -0.25) is 9.20 Å². The lowest BCUT2D eigenvalue weighted by atomic mass is 9.79. The van der Waals surface area contributed by atoms with E-state index < -0.39 is 5.91 Å². The fourth-order valence-corrected chi connectivity index (χ4v) is 3.65. The summed E-state index contributed by atoms with van der Waals surface area (Å²) in [5.74, 6) is 0.831. The molecule has 1 amide bonds. The summed E-state index contributed by atoms with van der Waals surface area (Å²) in [5.41, 5.74) is 7.07. The number of imidazole rings is 1. The Morgan fingerprint density at radius 3 is 2.88 bits per heavy atom. The molecular weight excluding hydrogens is 334 g/mol. The minimum absolute atomic E-state index is 0.166. The first-order chi connectivity index (χ1) is 12.6. The Balaban J connectivity index is 1.48. The molecule has 0 unspecified atom stereocenters. The van der Waals surface area contributed by atoms with E-state index in [1.54, 1.807) is 23.0 Å². The SMILES string of the molecule is NC(=O)c1cn2c(-c3nccc(N4CC5(CCOC5)C4)n3)cnc2cn1. The van der Waals surface area contributed by atoms with Crippen LogP contribution in [0.2, 0.25) is 0 Å². The lowest BCUT2D eigenvalue weighted by molar-refractivity contribution is 0.0995. The molecule has 0 atom stereocenters. The number of carbonyl (C=O) groups is 1. The zero-order valence-electron chi connectivity index (χ0n) is 14.0. The predicted octanol–water partition coefficient (Wildman–Crippen LogP) is 0.512. The second kappa shape index (κ2) is 5.46. The van der Waals surface area contributed by atoms with Gasteiger partial charge in [-0.25, -0.2) is 19.9 Å². The number of anilines is 1. The van der Waals surface area contributed by atoms with E-state index in [0.717, 1.165) is 38.5 Å². The molecule has 0 radical (unpaired) electrons. The fourth-order valence-electron chi connectivity index (χ4n) is 3.65. The molecule has 5 heterocycles. The third-order valence-electron chi connectivity index (χ3n) is 5.08. The van der Waals surface area contributed by atoms with E-state index >= 15 is 0 Å². The summed E-state index contributed by atoms with van der Waals surface area (Å²) >= 11 is 0. The van der Waals surface area contributed by atoms with Crippen LogP contribution in [-0.2, 0) is 4.74 Å². The van der Waals surface area contributed by atoms with Crippen LogP contribution in [0.1, 0.15) is 16.9 Å². The van der Waals surface area contributed by atoms with Crippen molar-refractivity contribution in [3.05, 3.63) is 36.5 Å². The molecule has 1 spiro atoms. The summed E-state index contributed by atoms with van der Waals surface area (Å²) in [5, 5.41) is 0. The zero-order valence-corrected chi connectivity index (χ0v) is 14.0. The molecule has 0 saturated carbocycles. The Morgan fingerprint density at radius 1 is 1.23 bits per heavy atom. The third kappa shape index (κ3) is 2.31. The van der Waals surface area contributed by atoms with Gasteiger partial charge in [0.05, 0.1) is 19.0 Å². The molecule has 2 fully saturated rings. The molecule has 2 N–H and O–H groups in total. The molecule has 2 saturated heterocycles. The van der Waals surface area contributed by atoms with Crippen molar-refractivity contribution in [2.45, 2.75) is 6.42 Å². The summed E-state index contributed by atoms with van der Waals surface area (Å²) in [4.78, 5) is 31.0. The average Bonchev–Trinajstić information content (AvgIpc) is 3.27. The summed E-state index contributed by atoms with van der Waals surface area (Å²) < 4.78 is 7.26. The molecule has 3 aromatic rings. The van der Waals surface area contributed by atoms with Crippen molar-refractivity contribution < 1.29 is 9.53 Å². The quantitative estimate of drug-likeness (QED) is 0.732. The van der Waals surface area contributed by atoms with Crippen LogP contribution in [0.5, 0.6) is 0 Å². The van der Waals surface area contributed by atoms with Crippen molar-refractivity contribution in [3.8, 4) is 11.5 Å². The van der Waals surface area contributed by atoms with Crippen LogP contribution in [0.25, 0.3) is 17.2 Å². The van der Waals surface area contributed by atoms with Gasteiger partial charge in [0, 0.05) is 37.5 Å². The highest BCUT2D eigenvalue weighted by Gasteiger charge is 2.46.